The number of hydrogen-bond donors (Lipinski definition) is 1. The molecule has 0 unspecified atom stereocenters. The smallest absolute Gasteiger partial charge is 0.317 e. The zero-order chi connectivity index (χ0) is 11.1. The van der Waals surface area contributed by atoms with Crippen molar-refractivity contribution in [3.63, 3.8) is 0 Å². The molecule has 0 aromatic heterocycles. The second kappa shape index (κ2) is 6.80. The van der Waals surface area contributed by atoms with E-state index in [1.54, 1.807) is 0 Å². The van der Waals surface area contributed by atoms with Crippen LogP contribution >= 0.6 is 0 Å². The lowest BCUT2D eigenvalue weighted by Gasteiger charge is -2.28. The first-order valence-corrected chi connectivity index (χ1v) is 5.89. The van der Waals surface area contributed by atoms with Gasteiger partial charge in [0.2, 0.25) is 0 Å². The first-order chi connectivity index (χ1) is 7.22. The number of carboxylic acid groups (broad SMARTS) is 1. The number of hydrogen-bond acceptors (Lipinski definition) is 3. The highest BCUT2D eigenvalue weighted by Crippen LogP contribution is 2.07. The molecule has 1 N–H and O–H groups in total. The number of piperidine rings is 1. The molecule has 0 radical (unpaired) electrons. The maximum atomic E-state index is 10.6. The van der Waals surface area contributed by atoms with Crippen LogP contribution in [-0.2, 0) is 4.79 Å². The monoisotopic (exact) mass is 214 g/mol. The molecule has 1 saturated heterocycles. The summed E-state index contributed by atoms with van der Waals surface area (Å²) in [6.07, 6.45) is 3.94. The quantitative estimate of drug-likeness (QED) is 0.713. The standard InChI is InChI=1S/C11H22N2O2/c1-2-12(10-11(14)15)8-9-13-6-4-3-5-7-13/h2-10H2,1H3,(H,14,15). The van der Waals surface area contributed by atoms with E-state index in [0.29, 0.717) is 0 Å². The van der Waals surface area contributed by atoms with Crippen LogP contribution in [0.2, 0.25) is 0 Å². The summed E-state index contributed by atoms with van der Waals surface area (Å²) in [6.45, 7) is 7.27. The number of likely N-dealkylation sites (tertiary alicyclic amines) is 1. The lowest BCUT2D eigenvalue weighted by atomic mass is 10.1. The van der Waals surface area contributed by atoms with Crippen molar-refractivity contribution in [2.45, 2.75) is 26.2 Å². The van der Waals surface area contributed by atoms with Crippen molar-refractivity contribution in [1.82, 2.24) is 9.80 Å². The molecule has 0 atom stereocenters. The molecule has 1 rings (SSSR count). The van der Waals surface area contributed by atoms with Gasteiger partial charge in [0.05, 0.1) is 6.54 Å². The van der Waals surface area contributed by atoms with Gasteiger partial charge in [-0.2, -0.15) is 0 Å². The van der Waals surface area contributed by atoms with Crippen LogP contribution in [0.15, 0.2) is 0 Å². The summed E-state index contributed by atoms with van der Waals surface area (Å²) in [5.41, 5.74) is 0. The highest BCUT2D eigenvalue weighted by molar-refractivity contribution is 5.69. The molecule has 0 aromatic rings. The third-order valence-electron chi connectivity index (χ3n) is 2.99. The zero-order valence-corrected chi connectivity index (χ0v) is 9.61. The third kappa shape index (κ3) is 5.14. The third-order valence-corrected chi connectivity index (χ3v) is 2.99. The molecule has 0 bridgehead atoms. The maximum Gasteiger partial charge on any atom is 0.317 e. The molecule has 15 heavy (non-hydrogen) atoms. The van der Waals surface area contributed by atoms with Crippen LogP contribution in [0.5, 0.6) is 0 Å². The first kappa shape index (κ1) is 12.5. The van der Waals surface area contributed by atoms with Crippen molar-refractivity contribution in [1.29, 1.82) is 0 Å². The molecule has 0 spiro atoms. The Hall–Kier alpha value is -0.610. The molecule has 1 aliphatic rings. The van der Waals surface area contributed by atoms with Crippen LogP contribution in [0.25, 0.3) is 0 Å². The highest BCUT2D eigenvalue weighted by atomic mass is 16.4. The summed E-state index contributed by atoms with van der Waals surface area (Å²) in [5.74, 6) is -0.726. The van der Waals surface area contributed by atoms with Gasteiger partial charge in [0.25, 0.3) is 0 Å². The van der Waals surface area contributed by atoms with Crippen LogP contribution < -0.4 is 0 Å². The summed E-state index contributed by atoms with van der Waals surface area (Å²) in [6, 6.07) is 0. The molecule has 1 fully saturated rings. The molecule has 1 heterocycles. The fraction of sp³-hybridized carbons (Fsp3) is 0.909. The van der Waals surface area contributed by atoms with Gasteiger partial charge in [0, 0.05) is 13.1 Å². The second-order valence-corrected chi connectivity index (χ2v) is 4.16. The van der Waals surface area contributed by atoms with Gasteiger partial charge in [-0.15, -0.1) is 0 Å². The number of carbonyl (C=O) groups is 1. The van der Waals surface area contributed by atoms with Gasteiger partial charge >= 0.3 is 5.97 Å². The predicted molar refractivity (Wildman–Crippen MR) is 60.0 cm³/mol. The summed E-state index contributed by atoms with van der Waals surface area (Å²) in [4.78, 5) is 15.0. The van der Waals surface area contributed by atoms with E-state index in [1.165, 1.54) is 32.4 Å². The molecule has 0 aliphatic carbocycles. The van der Waals surface area contributed by atoms with E-state index in [9.17, 15) is 4.79 Å². The Morgan fingerprint density at radius 2 is 2.00 bits per heavy atom. The Morgan fingerprint density at radius 3 is 2.53 bits per heavy atom. The fourth-order valence-electron chi connectivity index (χ4n) is 2.01. The topological polar surface area (TPSA) is 43.8 Å². The van der Waals surface area contributed by atoms with E-state index in [4.69, 9.17) is 5.11 Å². The van der Waals surface area contributed by atoms with Crippen LogP contribution in [0.4, 0.5) is 0 Å². The van der Waals surface area contributed by atoms with Gasteiger partial charge < -0.3 is 10.0 Å². The first-order valence-electron chi connectivity index (χ1n) is 5.89. The Morgan fingerprint density at radius 1 is 1.33 bits per heavy atom. The lowest BCUT2D eigenvalue weighted by Crippen LogP contribution is -2.39. The van der Waals surface area contributed by atoms with Crippen molar-refractivity contribution in [3.8, 4) is 0 Å². The predicted octanol–water partition coefficient (Wildman–Crippen LogP) is 0.879. The van der Waals surface area contributed by atoms with Gasteiger partial charge in [-0.1, -0.05) is 13.3 Å². The molecule has 4 nitrogen and oxygen atoms in total. The van der Waals surface area contributed by atoms with Gasteiger partial charge in [-0.25, -0.2) is 0 Å². The minimum atomic E-state index is -0.726. The number of likely N-dealkylation sites (N-methyl/N-ethyl adjacent to an activating group) is 1. The number of carboxylic acids is 1. The minimum Gasteiger partial charge on any atom is -0.480 e. The van der Waals surface area contributed by atoms with Gasteiger partial charge in [0.15, 0.2) is 0 Å². The summed E-state index contributed by atoms with van der Waals surface area (Å²) >= 11 is 0. The minimum absolute atomic E-state index is 0.171. The van der Waals surface area contributed by atoms with Crippen molar-refractivity contribution in [2.75, 3.05) is 39.3 Å². The normalized spacial score (nSPS) is 18.3. The van der Waals surface area contributed by atoms with Crippen LogP contribution in [0, 0.1) is 0 Å². The van der Waals surface area contributed by atoms with Crippen LogP contribution in [0.1, 0.15) is 26.2 Å². The summed E-state index contributed by atoms with van der Waals surface area (Å²) in [5, 5.41) is 8.70. The maximum absolute atomic E-state index is 10.6. The molecular formula is C11H22N2O2. The van der Waals surface area contributed by atoms with Crippen molar-refractivity contribution in [3.05, 3.63) is 0 Å². The lowest BCUT2D eigenvalue weighted by molar-refractivity contribution is -0.138. The summed E-state index contributed by atoms with van der Waals surface area (Å²) in [7, 11) is 0. The van der Waals surface area contributed by atoms with E-state index in [-0.39, 0.29) is 6.54 Å². The Bertz CT molecular complexity index is 191. The Balaban J connectivity index is 2.17. The average molecular weight is 214 g/mol. The SMILES string of the molecule is CCN(CCN1CCCCC1)CC(=O)O. The molecule has 0 amide bonds. The van der Waals surface area contributed by atoms with E-state index >= 15 is 0 Å². The number of aliphatic carboxylic acids is 1. The molecule has 88 valence electrons. The Labute approximate surface area is 91.9 Å². The van der Waals surface area contributed by atoms with E-state index < -0.39 is 5.97 Å². The van der Waals surface area contributed by atoms with Gasteiger partial charge in [0.1, 0.15) is 0 Å². The molecule has 1 aliphatic heterocycles. The van der Waals surface area contributed by atoms with Gasteiger partial charge in [-0.05, 0) is 32.5 Å². The molecule has 0 saturated carbocycles. The van der Waals surface area contributed by atoms with E-state index in [2.05, 4.69) is 4.90 Å². The van der Waals surface area contributed by atoms with E-state index in [0.717, 1.165) is 19.6 Å². The summed E-state index contributed by atoms with van der Waals surface area (Å²) < 4.78 is 0. The average Bonchev–Trinajstić information content (AvgIpc) is 2.25. The molecule has 4 heteroatoms. The largest absolute Gasteiger partial charge is 0.480 e. The van der Waals surface area contributed by atoms with E-state index in [1.807, 2.05) is 11.8 Å². The molecular weight excluding hydrogens is 192 g/mol. The zero-order valence-electron chi connectivity index (χ0n) is 9.61. The Kier molecular flexibility index (Phi) is 5.65. The van der Waals surface area contributed by atoms with Crippen molar-refractivity contribution in [2.24, 2.45) is 0 Å². The second-order valence-electron chi connectivity index (χ2n) is 4.16. The molecule has 0 aromatic carbocycles. The van der Waals surface area contributed by atoms with Crippen molar-refractivity contribution < 1.29 is 9.90 Å². The van der Waals surface area contributed by atoms with Crippen LogP contribution in [0.3, 0.4) is 0 Å². The fourth-order valence-corrected chi connectivity index (χ4v) is 2.01. The highest BCUT2D eigenvalue weighted by Gasteiger charge is 2.12. The van der Waals surface area contributed by atoms with Crippen LogP contribution in [-0.4, -0.2) is 60.1 Å². The van der Waals surface area contributed by atoms with Gasteiger partial charge in [-0.3, -0.25) is 9.69 Å². The number of rotatable bonds is 6. The van der Waals surface area contributed by atoms with Crippen molar-refractivity contribution >= 4 is 5.97 Å². The number of nitrogens with zero attached hydrogens (tertiary/aromatic N) is 2.